The summed E-state index contributed by atoms with van der Waals surface area (Å²) in [6.45, 7) is 1.95. The second-order valence-electron chi connectivity index (χ2n) is 3.30. The van der Waals surface area contributed by atoms with E-state index in [2.05, 4.69) is 5.32 Å². The van der Waals surface area contributed by atoms with E-state index in [1.807, 2.05) is 0 Å². The Morgan fingerprint density at radius 3 is 2.53 bits per heavy atom. The molecule has 0 unspecified atom stereocenters. The van der Waals surface area contributed by atoms with Crippen LogP contribution in [0.4, 0.5) is 0 Å². The van der Waals surface area contributed by atoms with Crippen LogP contribution in [0, 0.1) is 0 Å². The molecule has 0 spiro atoms. The fraction of sp³-hybridized carbons (Fsp3) is 0.333. The fourth-order valence-electron chi connectivity index (χ4n) is 1.23. The van der Waals surface area contributed by atoms with Crippen molar-refractivity contribution in [1.29, 1.82) is 0 Å². The van der Waals surface area contributed by atoms with Crippen molar-refractivity contribution in [2.24, 2.45) is 0 Å². The van der Waals surface area contributed by atoms with E-state index in [0.717, 1.165) is 0 Å². The van der Waals surface area contributed by atoms with Gasteiger partial charge in [-0.3, -0.25) is 4.79 Å². The summed E-state index contributed by atoms with van der Waals surface area (Å²) in [4.78, 5) is 23.2. The van der Waals surface area contributed by atoms with Crippen LogP contribution in [0.1, 0.15) is 17.3 Å². The number of hydrogen-bond acceptors (Lipinski definition) is 3. The second kappa shape index (κ2) is 6.91. The zero-order valence-electron chi connectivity index (χ0n) is 9.48. The molecule has 92 valence electrons. The highest BCUT2D eigenvalue weighted by Crippen LogP contribution is 2.00. The van der Waals surface area contributed by atoms with Crippen molar-refractivity contribution in [1.82, 2.24) is 5.32 Å². The Hall–Kier alpha value is -1.55. The molecule has 1 aromatic carbocycles. The molecule has 1 aromatic rings. The number of rotatable bonds is 5. The van der Waals surface area contributed by atoms with Crippen molar-refractivity contribution in [2.45, 2.75) is 13.0 Å². The topological polar surface area (TPSA) is 55.4 Å². The summed E-state index contributed by atoms with van der Waals surface area (Å²) in [5, 5.41) is 2.52. The minimum Gasteiger partial charge on any atom is -0.464 e. The molecule has 0 heterocycles. The predicted octanol–water partition coefficient (Wildman–Crippen LogP) is 1.59. The van der Waals surface area contributed by atoms with Crippen LogP contribution in [0.3, 0.4) is 0 Å². The monoisotopic (exact) mass is 255 g/mol. The van der Waals surface area contributed by atoms with Crippen LogP contribution in [-0.2, 0) is 9.53 Å². The highest BCUT2D eigenvalue weighted by Gasteiger charge is 2.21. The molecule has 0 aliphatic carbocycles. The summed E-state index contributed by atoms with van der Waals surface area (Å²) in [6, 6.07) is 7.80. The molecule has 0 saturated carbocycles. The standard InChI is InChI=1S/C12H14ClNO3/c1-2-17-12(16)10(8-13)14-11(15)9-6-4-3-5-7-9/h3-7,10H,2,8H2,1H3,(H,14,15)/t10-/m0/s1. The Labute approximate surface area is 105 Å². The molecule has 0 saturated heterocycles. The number of alkyl halides is 1. The summed E-state index contributed by atoms with van der Waals surface area (Å²) >= 11 is 5.61. The Kier molecular flexibility index (Phi) is 5.49. The highest BCUT2D eigenvalue weighted by atomic mass is 35.5. The molecule has 17 heavy (non-hydrogen) atoms. The number of carbonyl (C=O) groups excluding carboxylic acids is 2. The minimum atomic E-state index is -0.815. The van der Waals surface area contributed by atoms with Gasteiger partial charge in [-0.05, 0) is 19.1 Å². The van der Waals surface area contributed by atoms with Crippen LogP contribution in [-0.4, -0.2) is 30.4 Å². The van der Waals surface area contributed by atoms with E-state index < -0.39 is 12.0 Å². The van der Waals surface area contributed by atoms with E-state index in [0.29, 0.717) is 5.56 Å². The van der Waals surface area contributed by atoms with Gasteiger partial charge >= 0.3 is 5.97 Å². The lowest BCUT2D eigenvalue weighted by atomic mass is 10.2. The summed E-state index contributed by atoms with van der Waals surface area (Å²) in [6.07, 6.45) is 0. The van der Waals surface area contributed by atoms with E-state index in [1.165, 1.54) is 0 Å². The quantitative estimate of drug-likeness (QED) is 0.642. The van der Waals surface area contributed by atoms with Gasteiger partial charge in [-0.1, -0.05) is 18.2 Å². The summed E-state index contributed by atoms with van der Waals surface area (Å²) < 4.78 is 4.79. The van der Waals surface area contributed by atoms with Crippen molar-refractivity contribution in [3.05, 3.63) is 35.9 Å². The first-order valence-corrected chi connectivity index (χ1v) is 5.81. The van der Waals surface area contributed by atoms with Crippen LogP contribution in [0.15, 0.2) is 30.3 Å². The van der Waals surface area contributed by atoms with Crippen LogP contribution in [0.5, 0.6) is 0 Å². The summed E-state index contributed by atoms with van der Waals surface area (Å²) in [5.41, 5.74) is 0.479. The molecule has 1 amide bonds. The van der Waals surface area contributed by atoms with E-state index in [4.69, 9.17) is 16.3 Å². The Bertz CT molecular complexity index is 381. The van der Waals surface area contributed by atoms with Gasteiger partial charge in [-0.15, -0.1) is 11.6 Å². The van der Waals surface area contributed by atoms with Gasteiger partial charge in [0.15, 0.2) is 0 Å². The van der Waals surface area contributed by atoms with Crippen molar-refractivity contribution in [3.8, 4) is 0 Å². The molecule has 0 aliphatic rings. The van der Waals surface area contributed by atoms with Gasteiger partial charge in [0.2, 0.25) is 0 Å². The van der Waals surface area contributed by atoms with Crippen LogP contribution in [0.25, 0.3) is 0 Å². The number of hydrogen-bond donors (Lipinski definition) is 1. The average Bonchev–Trinajstić information content (AvgIpc) is 2.37. The molecule has 1 rings (SSSR count). The lowest BCUT2D eigenvalue weighted by molar-refractivity contribution is -0.144. The van der Waals surface area contributed by atoms with Crippen molar-refractivity contribution in [3.63, 3.8) is 0 Å². The molecule has 0 aliphatic heterocycles. The SMILES string of the molecule is CCOC(=O)[C@H](CCl)NC(=O)c1ccccc1. The molecule has 5 heteroatoms. The lowest BCUT2D eigenvalue weighted by Gasteiger charge is -2.14. The molecule has 0 radical (unpaired) electrons. The van der Waals surface area contributed by atoms with Gasteiger partial charge in [-0.2, -0.15) is 0 Å². The third kappa shape index (κ3) is 4.07. The maximum absolute atomic E-state index is 11.7. The number of benzene rings is 1. The van der Waals surface area contributed by atoms with Crippen LogP contribution >= 0.6 is 11.6 Å². The molecule has 0 aromatic heterocycles. The summed E-state index contributed by atoms with van der Waals surface area (Å²) in [5.74, 6) is -0.881. The van der Waals surface area contributed by atoms with Crippen molar-refractivity contribution < 1.29 is 14.3 Å². The Balaban J connectivity index is 2.63. The van der Waals surface area contributed by atoms with Gasteiger partial charge < -0.3 is 10.1 Å². The maximum Gasteiger partial charge on any atom is 0.329 e. The van der Waals surface area contributed by atoms with Gasteiger partial charge in [0.25, 0.3) is 5.91 Å². The molecule has 0 bridgehead atoms. The first-order valence-electron chi connectivity index (χ1n) is 5.27. The largest absolute Gasteiger partial charge is 0.464 e. The number of esters is 1. The maximum atomic E-state index is 11.7. The normalized spacial score (nSPS) is 11.6. The number of ether oxygens (including phenoxy) is 1. The van der Waals surface area contributed by atoms with Crippen molar-refractivity contribution >= 4 is 23.5 Å². The average molecular weight is 256 g/mol. The van der Waals surface area contributed by atoms with E-state index in [9.17, 15) is 9.59 Å². The molecule has 1 N–H and O–H groups in total. The van der Waals surface area contributed by atoms with Crippen molar-refractivity contribution in [2.75, 3.05) is 12.5 Å². The zero-order valence-corrected chi connectivity index (χ0v) is 10.2. The first kappa shape index (κ1) is 13.5. The third-order valence-electron chi connectivity index (χ3n) is 2.07. The molecule has 4 nitrogen and oxygen atoms in total. The van der Waals surface area contributed by atoms with Gasteiger partial charge in [-0.25, -0.2) is 4.79 Å². The number of amides is 1. The highest BCUT2D eigenvalue weighted by molar-refractivity contribution is 6.20. The van der Waals surface area contributed by atoms with E-state index in [-0.39, 0.29) is 18.4 Å². The number of nitrogens with one attached hydrogen (secondary N) is 1. The van der Waals surface area contributed by atoms with Gasteiger partial charge in [0.05, 0.1) is 12.5 Å². The van der Waals surface area contributed by atoms with Gasteiger partial charge in [0.1, 0.15) is 6.04 Å². The Morgan fingerprint density at radius 2 is 2.00 bits per heavy atom. The van der Waals surface area contributed by atoms with Crippen LogP contribution in [0.2, 0.25) is 0 Å². The Morgan fingerprint density at radius 1 is 1.35 bits per heavy atom. The second-order valence-corrected chi connectivity index (χ2v) is 3.61. The van der Waals surface area contributed by atoms with E-state index >= 15 is 0 Å². The molecular weight excluding hydrogens is 242 g/mol. The minimum absolute atomic E-state index is 0.0165. The number of halogens is 1. The fourth-order valence-corrected chi connectivity index (χ4v) is 1.44. The lowest BCUT2D eigenvalue weighted by Crippen LogP contribution is -2.43. The third-order valence-corrected chi connectivity index (χ3v) is 2.38. The summed E-state index contributed by atoms with van der Waals surface area (Å²) in [7, 11) is 0. The van der Waals surface area contributed by atoms with Gasteiger partial charge in [0, 0.05) is 5.56 Å². The predicted molar refractivity (Wildman–Crippen MR) is 65.0 cm³/mol. The first-order chi connectivity index (χ1) is 8.19. The molecule has 0 fully saturated rings. The number of carbonyl (C=O) groups is 2. The van der Waals surface area contributed by atoms with Crippen LogP contribution < -0.4 is 5.32 Å². The smallest absolute Gasteiger partial charge is 0.329 e. The molecular formula is C12H14ClNO3. The van der Waals surface area contributed by atoms with E-state index in [1.54, 1.807) is 37.3 Å². The molecule has 1 atom stereocenters. The zero-order chi connectivity index (χ0) is 12.7.